The average Bonchev–Trinajstić information content (AvgIpc) is 3.06. The molecule has 1 spiro atoms. The summed E-state index contributed by atoms with van der Waals surface area (Å²) in [6, 6.07) is 19.2. The number of rotatable bonds is 3. The van der Waals surface area contributed by atoms with Gasteiger partial charge in [-0.3, -0.25) is 0 Å². The van der Waals surface area contributed by atoms with E-state index < -0.39 is 47.6 Å². The molecule has 2 aromatic carbocycles. The predicted octanol–water partition coefficient (Wildman–Crippen LogP) is 3.10. The van der Waals surface area contributed by atoms with Gasteiger partial charge >= 0.3 is 5.97 Å². The van der Waals surface area contributed by atoms with Crippen molar-refractivity contribution in [3.05, 3.63) is 71.8 Å². The Morgan fingerprint density at radius 2 is 1.54 bits per heavy atom. The number of carbonyl (C=O) groups is 1. The molecule has 6 heteroatoms. The molecule has 28 heavy (non-hydrogen) atoms. The van der Waals surface area contributed by atoms with E-state index in [1.807, 2.05) is 60.7 Å². The fourth-order valence-electron chi connectivity index (χ4n) is 5.04. The first-order chi connectivity index (χ1) is 13.5. The number of alkyl halides is 1. The largest absolute Gasteiger partial charge is 0.467 e. The minimum atomic E-state index is -2.28. The Morgan fingerprint density at radius 3 is 2.00 bits per heavy atom. The highest BCUT2D eigenvalue weighted by Crippen LogP contribution is 2.72. The molecule has 2 aliphatic carbocycles. The van der Waals surface area contributed by atoms with Crippen molar-refractivity contribution in [3.8, 4) is 0 Å². The molecular formula is C22H21FO5. The molecule has 0 bridgehead atoms. The SMILES string of the molecule is COC(=O)[C@]1(F)[C@H]2[C@H](O)CC3(O[C@@H](c4ccccc4)[C@H](c4ccccc4)O3)[C@H]21. The molecule has 2 aromatic rings. The summed E-state index contributed by atoms with van der Waals surface area (Å²) in [5, 5.41) is 10.5. The predicted molar refractivity (Wildman–Crippen MR) is 96.7 cm³/mol. The number of aliphatic hydroxyl groups excluding tert-OH is 1. The van der Waals surface area contributed by atoms with Gasteiger partial charge in [-0.1, -0.05) is 60.7 Å². The Bertz CT molecular complexity index is 841. The van der Waals surface area contributed by atoms with Crippen molar-refractivity contribution in [1.82, 2.24) is 0 Å². The molecular weight excluding hydrogens is 363 g/mol. The summed E-state index contributed by atoms with van der Waals surface area (Å²) < 4.78 is 32.8. The maximum atomic E-state index is 15.4. The van der Waals surface area contributed by atoms with Crippen LogP contribution in [0.4, 0.5) is 4.39 Å². The molecule has 5 rings (SSSR count). The van der Waals surface area contributed by atoms with Crippen molar-refractivity contribution < 1.29 is 28.5 Å². The minimum absolute atomic E-state index is 0.123. The first-order valence-corrected chi connectivity index (χ1v) is 9.42. The van der Waals surface area contributed by atoms with Crippen LogP contribution in [0.2, 0.25) is 0 Å². The fraction of sp³-hybridized carbons (Fsp3) is 0.409. The van der Waals surface area contributed by atoms with Gasteiger partial charge in [0.1, 0.15) is 12.2 Å². The summed E-state index contributed by atoms with van der Waals surface area (Å²) in [6.45, 7) is 0. The van der Waals surface area contributed by atoms with Crippen molar-refractivity contribution in [2.75, 3.05) is 7.11 Å². The molecule has 3 fully saturated rings. The van der Waals surface area contributed by atoms with E-state index in [9.17, 15) is 9.90 Å². The minimum Gasteiger partial charge on any atom is -0.467 e. The van der Waals surface area contributed by atoms with Gasteiger partial charge in [-0.2, -0.15) is 0 Å². The first kappa shape index (κ1) is 17.8. The molecule has 1 aliphatic heterocycles. The summed E-state index contributed by atoms with van der Waals surface area (Å²) in [6.07, 6.45) is -1.85. The fourth-order valence-corrected chi connectivity index (χ4v) is 5.04. The van der Waals surface area contributed by atoms with Crippen molar-refractivity contribution in [2.45, 2.75) is 36.2 Å². The van der Waals surface area contributed by atoms with Crippen LogP contribution in [0.15, 0.2) is 60.7 Å². The maximum absolute atomic E-state index is 15.4. The van der Waals surface area contributed by atoms with Gasteiger partial charge in [0.05, 0.1) is 19.1 Å². The molecule has 0 aromatic heterocycles. The van der Waals surface area contributed by atoms with E-state index in [-0.39, 0.29) is 6.42 Å². The Labute approximate surface area is 162 Å². The molecule has 1 heterocycles. The Kier molecular flexibility index (Phi) is 3.88. The van der Waals surface area contributed by atoms with Crippen molar-refractivity contribution >= 4 is 5.97 Å². The van der Waals surface area contributed by atoms with Crippen molar-refractivity contribution in [2.24, 2.45) is 11.8 Å². The summed E-state index contributed by atoms with van der Waals surface area (Å²) in [7, 11) is 1.15. The number of esters is 1. The third-order valence-electron chi connectivity index (χ3n) is 6.25. The molecule has 2 saturated carbocycles. The standard InChI is InChI=1S/C22H21FO5/c1-26-20(25)22(23)16-15(24)12-21(19(16)22)27-17(13-8-4-2-5-9-13)18(28-21)14-10-6-3-7-11-14/h2-11,15-19,24H,12H2,1H3/t15-,16+,17+,18+,19+,22+/m1/s1. The molecule has 1 saturated heterocycles. The molecule has 5 nitrogen and oxygen atoms in total. The van der Waals surface area contributed by atoms with Crippen LogP contribution in [0.25, 0.3) is 0 Å². The van der Waals surface area contributed by atoms with E-state index in [4.69, 9.17) is 9.47 Å². The van der Waals surface area contributed by atoms with Gasteiger partial charge in [0.2, 0.25) is 5.67 Å². The topological polar surface area (TPSA) is 65.0 Å². The van der Waals surface area contributed by atoms with Gasteiger partial charge in [-0.25, -0.2) is 9.18 Å². The second-order valence-electron chi connectivity index (χ2n) is 7.74. The lowest BCUT2D eigenvalue weighted by molar-refractivity contribution is -0.207. The quantitative estimate of drug-likeness (QED) is 0.824. The highest BCUT2D eigenvalue weighted by Gasteiger charge is 2.87. The summed E-state index contributed by atoms with van der Waals surface area (Å²) in [4.78, 5) is 12.1. The second-order valence-corrected chi connectivity index (χ2v) is 7.74. The van der Waals surface area contributed by atoms with Crippen LogP contribution in [0.5, 0.6) is 0 Å². The molecule has 0 radical (unpaired) electrons. The number of aliphatic hydroxyl groups is 1. The van der Waals surface area contributed by atoms with Gasteiger partial charge < -0.3 is 19.3 Å². The van der Waals surface area contributed by atoms with Crippen molar-refractivity contribution in [3.63, 3.8) is 0 Å². The van der Waals surface area contributed by atoms with E-state index >= 15 is 4.39 Å². The lowest BCUT2D eigenvalue weighted by Gasteiger charge is -2.28. The highest BCUT2D eigenvalue weighted by molar-refractivity contribution is 5.85. The smallest absolute Gasteiger partial charge is 0.344 e. The Morgan fingerprint density at radius 1 is 1.04 bits per heavy atom. The lowest BCUT2D eigenvalue weighted by Crippen LogP contribution is -2.41. The van der Waals surface area contributed by atoms with Gasteiger partial charge in [-0.05, 0) is 11.1 Å². The maximum Gasteiger partial charge on any atom is 0.344 e. The number of hydrogen-bond donors (Lipinski definition) is 1. The van der Waals surface area contributed by atoms with Gasteiger partial charge in [0, 0.05) is 12.3 Å². The van der Waals surface area contributed by atoms with Crippen LogP contribution in [0, 0.1) is 11.8 Å². The third kappa shape index (κ3) is 2.32. The lowest BCUT2D eigenvalue weighted by atomic mass is 9.99. The number of benzene rings is 2. The zero-order valence-electron chi connectivity index (χ0n) is 15.3. The van der Waals surface area contributed by atoms with Crippen LogP contribution in [-0.4, -0.2) is 35.7 Å². The van der Waals surface area contributed by atoms with E-state index in [0.29, 0.717) is 0 Å². The van der Waals surface area contributed by atoms with Crippen LogP contribution in [0.3, 0.4) is 0 Å². The average molecular weight is 384 g/mol. The highest BCUT2D eigenvalue weighted by atomic mass is 19.1. The van der Waals surface area contributed by atoms with Gasteiger partial charge in [0.25, 0.3) is 0 Å². The number of fused-ring (bicyclic) bond motifs is 2. The number of halogens is 1. The Balaban J connectivity index is 1.55. The summed E-state index contributed by atoms with van der Waals surface area (Å²) >= 11 is 0. The molecule has 1 N–H and O–H groups in total. The normalized spacial score (nSPS) is 37.6. The number of carbonyl (C=O) groups excluding carboxylic acids is 1. The second kappa shape index (κ2) is 6.11. The van der Waals surface area contributed by atoms with Crippen LogP contribution in [0.1, 0.15) is 29.8 Å². The van der Waals surface area contributed by atoms with Crippen LogP contribution < -0.4 is 0 Å². The molecule has 146 valence electrons. The monoisotopic (exact) mass is 384 g/mol. The third-order valence-corrected chi connectivity index (χ3v) is 6.25. The number of ether oxygens (including phenoxy) is 3. The van der Waals surface area contributed by atoms with Crippen LogP contribution >= 0.6 is 0 Å². The zero-order valence-corrected chi connectivity index (χ0v) is 15.3. The Hall–Kier alpha value is -2.28. The van der Waals surface area contributed by atoms with Crippen LogP contribution in [-0.2, 0) is 19.0 Å². The summed E-state index contributed by atoms with van der Waals surface area (Å²) in [5.41, 5.74) is -0.483. The summed E-state index contributed by atoms with van der Waals surface area (Å²) in [5.74, 6) is -4.10. The van der Waals surface area contributed by atoms with E-state index in [2.05, 4.69) is 4.74 Å². The van der Waals surface area contributed by atoms with Crippen molar-refractivity contribution in [1.29, 1.82) is 0 Å². The van der Waals surface area contributed by atoms with E-state index in [0.717, 1.165) is 18.2 Å². The van der Waals surface area contributed by atoms with Gasteiger partial charge in [-0.15, -0.1) is 0 Å². The number of hydrogen-bond acceptors (Lipinski definition) is 5. The first-order valence-electron chi connectivity index (χ1n) is 9.42. The molecule has 6 atom stereocenters. The molecule has 0 amide bonds. The molecule has 0 unspecified atom stereocenters. The van der Waals surface area contributed by atoms with E-state index in [1.165, 1.54) is 0 Å². The van der Waals surface area contributed by atoms with Gasteiger partial charge in [0.15, 0.2) is 5.79 Å². The molecule has 3 aliphatic rings. The zero-order chi connectivity index (χ0) is 19.5. The number of methoxy groups -OCH3 is 1. The van der Waals surface area contributed by atoms with E-state index in [1.54, 1.807) is 0 Å².